The number of pyridine rings is 2. The minimum atomic E-state index is -4.26. The van der Waals surface area contributed by atoms with Gasteiger partial charge in [0.1, 0.15) is 16.5 Å². The van der Waals surface area contributed by atoms with Gasteiger partial charge in [-0.1, -0.05) is 27.7 Å². The van der Waals surface area contributed by atoms with E-state index in [1.807, 2.05) is 4.90 Å². The van der Waals surface area contributed by atoms with Gasteiger partial charge in [-0.25, -0.2) is 27.8 Å². The summed E-state index contributed by atoms with van der Waals surface area (Å²) in [7, 11) is -4.26. The summed E-state index contributed by atoms with van der Waals surface area (Å²) in [6, 6.07) is 5.92. The third-order valence-electron chi connectivity index (χ3n) is 6.22. The zero-order chi connectivity index (χ0) is 27.9. The molecule has 38 heavy (non-hydrogen) atoms. The summed E-state index contributed by atoms with van der Waals surface area (Å²) in [5.41, 5.74) is 5.55. The van der Waals surface area contributed by atoms with E-state index < -0.39 is 15.9 Å². The van der Waals surface area contributed by atoms with Crippen LogP contribution in [0.1, 0.15) is 58.3 Å². The molecular weight excluding hydrogens is 506 g/mol. The van der Waals surface area contributed by atoms with E-state index in [9.17, 15) is 13.2 Å². The molecule has 3 aromatic rings. The maximum absolute atomic E-state index is 13.4. The molecule has 1 amide bonds. The Morgan fingerprint density at radius 2 is 2.00 bits per heavy atom. The Balaban J connectivity index is 1.71. The number of aromatic nitrogens is 4. The molecule has 12 heteroatoms. The first kappa shape index (κ1) is 27.4. The molecule has 3 aromatic heterocycles. The number of nitrogen functional groups attached to an aromatic ring is 1. The normalized spacial score (nSPS) is 17.4. The lowest BCUT2D eigenvalue weighted by Gasteiger charge is -2.34. The number of nitrogens with two attached hydrogens (primary N) is 1. The molecule has 0 saturated carbocycles. The Labute approximate surface area is 223 Å². The summed E-state index contributed by atoms with van der Waals surface area (Å²) >= 11 is 0. The number of carbonyl (C=O) groups is 1. The number of anilines is 2. The number of carbonyl (C=O) groups excluding carboxylic acids is 1. The van der Waals surface area contributed by atoms with Gasteiger partial charge in [0.25, 0.3) is 15.9 Å². The highest BCUT2D eigenvalue weighted by Crippen LogP contribution is 2.38. The number of rotatable bonds is 7. The number of amides is 1. The molecule has 0 aliphatic carbocycles. The van der Waals surface area contributed by atoms with E-state index >= 15 is 0 Å². The number of nitrogens with zero attached hydrogens (tertiary/aromatic N) is 5. The first-order valence-electron chi connectivity index (χ1n) is 12.4. The number of hydrogen-bond donors (Lipinski definition) is 2. The molecule has 0 aromatic carbocycles. The molecule has 11 nitrogen and oxygen atoms in total. The molecule has 1 fully saturated rings. The second-order valence-corrected chi connectivity index (χ2v) is 13.2. The van der Waals surface area contributed by atoms with Crippen LogP contribution in [-0.2, 0) is 10.0 Å². The topological polar surface area (TPSA) is 145 Å². The fourth-order valence-electron chi connectivity index (χ4n) is 4.58. The monoisotopic (exact) mass is 541 g/mol. The minimum absolute atomic E-state index is 0.0125. The summed E-state index contributed by atoms with van der Waals surface area (Å²) < 4.78 is 35.5. The lowest BCUT2D eigenvalue weighted by atomic mass is 9.97. The van der Waals surface area contributed by atoms with Gasteiger partial charge in [-0.3, -0.25) is 4.79 Å². The van der Waals surface area contributed by atoms with Gasteiger partial charge in [0.2, 0.25) is 0 Å². The number of ether oxygens (including phenoxy) is 1. The van der Waals surface area contributed by atoms with Gasteiger partial charge < -0.3 is 15.4 Å². The van der Waals surface area contributed by atoms with Crippen LogP contribution < -0.4 is 20.1 Å². The molecule has 1 saturated heterocycles. The van der Waals surface area contributed by atoms with E-state index in [0.717, 1.165) is 6.42 Å². The standard InChI is InChI=1S/C26H35N7O4S/c1-17-12-26(5,6)32(14-17)23-19(24(34)31-38(35,36)20-8-7-11-28-22(20)27)9-10-21(30-23)33-15-18(13-29-33)37-16-25(2,3)4/h7-11,13,15,17H,12,14,16H2,1-6H3,(H2,27,28)(H,31,34)/t17-/m0/s1. The number of sulfonamides is 1. The van der Waals surface area contributed by atoms with E-state index in [1.165, 1.54) is 18.3 Å². The minimum Gasteiger partial charge on any atom is -0.490 e. The average molecular weight is 542 g/mol. The smallest absolute Gasteiger partial charge is 0.268 e. The highest BCUT2D eigenvalue weighted by molar-refractivity contribution is 7.90. The molecule has 1 aliphatic rings. The fraction of sp³-hybridized carbons (Fsp3) is 0.462. The van der Waals surface area contributed by atoms with Crippen LogP contribution in [0.25, 0.3) is 5.82 Å². The largest absolute Gasteiger partial charge is 0.490 e. The van der Waals surface area contributed by atoms with Gasteiger partial charge in [-0.05, 0) is 55.9 Å². The van der Waals surface area contributed by atoms with Crippen LogP contribution in [0.5, 0.6) is 5.75 Å². The SMILES string of the molecule is C[C@@H]1CN(c2nc(-n3cc(OCC(C)(C)C)cn3)ccc2C(=O)NS(=O)(=O)c2cccnc2N)C(C)(C)C1. The maximum atomic E-state index is 13.4. The van der Waals surface area contributed by atoms with Crippen molar-refractivity contribution in [2.75, 3.05) is 23.8 Å². The van der Waals surface area contributed by atoms with E-state index in [4.69, 9.17) is 15.5 Å². The molecule has 0 radical (unpaired) electrons. The summed E-state index contributed by atoms with van der Waals surface area (Å²) in [5.74, 6) is 0.785. The Morgan fingerprint density at radius 3 is 2.63 bits per heavy atom. The summed E-state index contributed by atoms with van der Waals surface area (Å²) in [6.45, 7) is 13.7. The predicted molar refractivity (Wildman–Crippen MR) is 145 cm³/mol. The molecule has 3 N–H and O–H groups in total. The fourth-order valence-corrected chi connectivity index (χ4v) is 5.63. The number of hydrogen-bond acceptors (Lipinski definition) is 9. The summed E-state index contributed by atoms with van der Waals surface area (Å²) in [6.07, 6.45) is 5.60. The van der Waals surface area contributed by atoms with Crippen molar-refractivity contribution in [3.63, 3.8) is 0 Å². The summed E-state index contributed by atoms with van der Waals surface area (Å²) in [5, 5.41) is 4.38. The molecule has 1 atom stereocenters. The third kappa shape index (κ3) is 5.90. The Kier molecular flexibility index (Phi) is 7.13. The highest BCUT2D eigenvalue weighted by atomic mass is 32.2. The van der Waals surface area contributed by atoms with Crippen molar-refractivity contribution in [1.29, 1.82) is 0 Å². The first-order valence-corrected chi connectivity index (χ1v) is 13.9. The zero-order valence-electron chi connectivity index (χ0n) is 22.6. The van der Waals surface area contributed by atoms with Crippen molar-refractivity contribution >= 4 is 27.6 Å². The second kappa shape index (κ2) is 9.90. The van der Waals surface area contributed by atoms with Crippen molar-refractivity contribution < 1.29 is 17.9 Å². The molecule has 204 valence electrons. The lowest BCUT2D eigenvalue weighted by Crippen LogP contribution is -2.41. The van der Waals surface area contributed by atoms with Crippen LogP contribution >= 0.6 is 0 Å². The lowest BCUT2D eigenvalue weighted by molar-refractivity contribution is 0.0981. The quantitative estimate of drug-likeness (QED) is 0.459. The molecule has 4 heterocycles. The molecule has 0 unspecified atom stereocenters. The second-order valence-electron chi connectivity index (χ2n) is 11.6. The van der Waals surface area contributed by atoms with Crippen LogP contribution in [0.3, 0.4) is 0 Å². The predicted octanol–water partition coefficient (Wildman–Crippen LogP) is 3.41. The van der Waals surface area contributed by atoms with Gasteiger partial charge in [-0.2, -0.15) is 5.10 Å². The van der Waals surface area contributed by atoms with Crippen molar-refractivity contribution in [1.82, 2.24) is 24.5 Å². The molecule has 0 bridgehead atoms. The van der Waals surface area contributed by atoms with E-state index in [2.05, 4.69) is 56.3 Å². The van der Waals surface area contributed by atoms with E-state index in [1.54, 1.807) is 29.2 Å². The van der Waals surface area contributed by atoms with Crippen LogP contribution in [-0.4, -0.2) is 52.8 Å². The molecule has 0 spiro atoms. The Morgan fingerprint density at radius 1 is 1.26 bits per heavy atom. The van der Waals surface area contributed by atoms with E-state index in [0.29, 0.717) is 36.5 Å². The van der Waals surface area contributed by atoms with Gasteiger partial charge >= 0.3 is 0 Å². The third-order valence-corrected chi connectivity index (χ3v) is 7.59. The Bertz CT molecular complexity index is 1440. The summed E-state index contributed by atoms with van der Waals surface area (Å²) in [4.78, 5) is 23.8. The highest BCUT2D eigenvalue weighted by Gasteiger charge is 2.39. The van der Waals surface area contributed by atoms with Crippen LogP contribution in [0.2, 0.25) is 0 Å². The zero-order valence-corrected chi connectivity index (χ0v) is 23.4. The van der Waals surface area contributed by atoms with Gasteiger partial charge in [-0.15, -0.1) is 0 Å². The Hall–Kier alpha value is -3.67. The van der Waals surface area contributed by atoms with E-state index in [-0.39, 0.29) is 27.2 Å². The van der Waals surface area contributed by atoms with Crippen molar-refractivity contribution in [3.8, 4) is 11.6 Å². The van der Waals surface area contributed by atoms with Crippen LogP contribution in [0.4, 0.5) is 11.6 Å². The first-order chi connectivity index (χ1) is 17.7. The van der Waals surface area contributed by atoms with Gasteiger partial charge in [0.15, 0.2) is 11.6 Å². The average Bonchev–Trinajstić information content (AvgIpc) is 3.39. The van der Waals surface area contributed by atoms with Crippen molar-refractivity contribution in [3.05, 3.63) is 48.4 Å². The van der Waals surface area contributed by atoms with Gasteiger partial charge in [0.05, 0.1) is 24.6 Å². The van der Waals surface area contributed by atoms with Crippen LogP contribution in [0, 0.1) is 11.3 Å². The number of nitrogens with one attached hydrogen (secondary N) is 1. The van der Waals surface area contributed by atoms with Crippen molar-refractivity contribution in [2.45, 2.75) is 58.4 Å². The van der Waals surface area contributed by atoms with Gasteiger partial charge in [0, 0.05) is 18.3 Å². The van der Waals surface area contributed by atoms with Crippen LogP contribution in [0.15, 0.2) is 47.8 Å². The maximum Gasteiger partial charge on any atom is 0.268 e. The molecule has 4 rings (SSSR count). The van der Waals surface area contributed by atoms with Crippen molar-refractivity contribution in [2.24, 2.45) is 11.3 Å². The molecular formula is C26H35N7O4S. The molecule has 1 aliphatic heterocycles.